The molecule has 3 heteroatoms. The van der Waals surface area contributed by atoms with Crippen molar-refractivity contribution in [1.82, 2.24) is 0 Å². The minimum Gasteiger partial charge on any atom is -0.490 e. The van der Waals surface area contributed by atoms with Crippen molar-refractivity contribution in [2.45, 2.75) is 13.8 Å². The average Bonchev–Trinajstić information content (AvgIpc) is 2.20. The molecular formula is C11H15FOS. The van der Waals surface area contributed by atoms with E-state index in [0.717, 1.165) is 5.75 Å². The predicted molar refractivity (Wildman–Crippen MR) is 59.6 cm³/mol. The van der Waals surface area contributed by atoms with Gasteiger partial charge in [0.15, 0.2) is 11.6 Å². The molecule has 1 aromatic rings. The minimum atomic E-state index is -0.265. The molecular weight excluding hydrogens is 199 g/mol. The van der Waals surface area contributed by atoms with Crippen molar-refractivity contribution in [1.29, 1.82) is 0 Å². The molecule has 1 atom stereocenters. The van der Waals surface area contributed by atoms with Crippen LogP contribution in [0, 0.1) is 18.7 Å². The fourth-order valence-corrected chi connectivity index (χ4v) is 1.12. The van der Waals surface area contributed by atoms with Crippen LogP contribution in [-0.2, 0) is 0 Å². The summed E-state index contributed by atoms with van der Waals surface area (Å²) in [5.74, 6) is 1.14. The Bertz CT molecular complexity index is 301. The third kappa shape index (κ3) is 2.91. The lowest BCUT2D eigenvalue weighted by Gasteiger charge is -2.11. The first-order chi connectivity index (χ1) is 6.65. The Labute approximate surface area is 89.7 Å². The van der Waals surface area contributed by atoms with Crippen LogP contribution in [0.2, 0.25) is 0 Å². The smallest absolute Gasteiger partial charge is 0.167 e. The van der Waals surface area contributed by atoms with Gasteiger partial charge in [-0.25, -0.2) is 4.39 Å². The molecule has 78 valence electrons. The number of benzene rings is 1. The van der Waals surface area contributed by atoms with E-state index in [4.69, 9.17) is 4.74 Å². The van der Waals surface area contributed by atoms with Gasteiger partial charge in [0.1, 0.15) is 0 Å². The Kier molecular flexibility index (Phi) is 4.26. The molecule has 0 heterocycles. The number of hydrogen-bond acceptors (Lipinski definition) is 2. The maximum atomic E-state index is 13.4. The van der Waals surface area contributed by atoms with E-state index in [0.29, 0.717) is 23.8 Å². The first-order valence-corrected chi connectivity index (χ1v) is 5.27. The summed E-state index contributed by atoms with van der Waals surface area (Å²) in [6.07, 6.45) is 0. The van der Waals surface area contributed by atoms with Gasteiger partial charge in [-0.15, -0.1) is 0 Å². The lowest BCUT2D eigenvalue weighted by Crippen LogP contribution is -2.10. The van der Waals surface area contributed by atoms with Crippen LogP contribution >= 0.6 is 12.6 Å². The van der Waals surface area contributed by atoms with Crippen molar-refractivity contribution >= 4 is 12.6 Å². The summed E-state index contributed by atoms with van der Waals surface area (Å²) >= 11 is 4.13. The van der Waals surface area contributed by atoms with Gasteiger partial charge in [-0.2, -0.15) is 12.6 Å². The van der Waals surface area contributed by atoms with Crippen LogP contribution in [0.15, 0.2) is 18.2 Å². The monoisotopic (exact) mass is 214 g/mol. The van der Waals surface area contributed by atoms with Crippen molar-refractivity contribution in [3.8, 4) is 5.75 Å². The SMILES string of the molecule is Cc1cccc(OCC(C)CS)c1F. The highest BCUT2D eigenvalue weighted by molar-refractivity contribution is 7.80. The molecule has 0 saturated carbocycles. The van der Waals surface area contributed by atoms with Crippen LogP contribution in [-0.4, -0.2) is 12.4 Å². The van der Waals surface area contributed by atoms with Crippen LogP contribution in [0.25, 0.3) is 0 Å². The van der Waals surface area contributed by atoms with Gasteiger partial charge in [-0.1, -0.05) is 19.1 Å². The molecule has 0 aromatic heterocycles. The average molecular weight is 214 g/mol. The van der Waals surface area contributed by atoms with Crippen molar-refractivity contribution in [3.05, 3.63) is 29.6 Å². The first-order valence-electron chi connectivity index (χ1n) is 4.64. The first kappa shape index (κ1) is 11.4. The summed E-state index contributed by atoms with van der Waals surface area (Å²) < 4.78 is 18.8. The second-order valence-corrected chi connectivity index (χ2v) is 3.85. The molecule has 0 amide bonds. The van der Waals surface area contributed by atoms with E-state index < -0.39 is 0 Å². The maximum absolute atomic E-state index is 13.4. The molecule has 0 saturated heterocycles. The Morgan fingerprint density at radius 2 is 2.21 bits per heavy atom. The predicted octanol–water partition coefficient (Wildman–Crippen LogP) is 3.08. The molecule has 0 aliphatic carbocycles. The zero-order valence-electron chi connectivity index (χ0n) is 8.46. The van der Waals surface area contributed by atoms with Gasteiger partial charge in [0, 0.05) is 0 Å². The largest absolute Gasteiger partial charge is 0.490 e. The molecule has 1 rings (SSSR count). The zero-order valence-corrected chi connectivity index (χ0v) is 9.35. The number of hydrogen-bond donors (Lipinski definition) is 1. The van der Waals surface area contributed by atoms with Crippen LogP contribution < -0.4 is 4.74 Å². The van der Waals surface area contributed by atoms with Crippen LogP contribution in [0.3, 0.4) is 0 Å². The molecule has 1 nitrogen and oxygen atoms in total. The van der Waals surface area contributed by atoms with E-state index in [1.165, 1.54) is 0 Å². The lowest BCUT2D eigenvalue weighted by molar-refractivity contribution is 0.261. The minimum absolute atomic E-state index is 0.265. The molecule has 0 fully saturated rings. The number of rotatable bonds is 4. The van der Waals surface area contributed by atoms with Gasteiger partial charge >= 0.3 is 0 Å². The summed E-state index contributed by atoms with van der Waals surface area (Å²) in [6, 6.07) is 5.16. The Morgan fingerprint density at radius 3 is 2.86 bits per heavy atom. The summed E-state index contributed by atoms with van der Waals surface area (Å²) in [5, 5.41) is 0. The highest BCUT2D eigenvalue weighted by atomic mass is 32.1. The van der Waals surface area contributed by atoms with Crippen molar-refractivity contribution < 1.29 is 9.13 Å². The van der Waals surface area contributed by atoms with Gasteiger partial charge in [0.2, 0.25) is 0 Å². The molecule has 0 radical (unpaired) electrons. The highest BCUT2D eigenvalue weighted by Gasteiger charge is 2.07. The van der Waals surface area contributed by atoms with E-state index in [1.807, 2.05) is 6.92 Å². The normalized spacial score (nSPS) is 12.6. The Balaban J connectivity index is 2.63. The Morgan fingerprint density at radius 1 is 1.50 bits per heavy atom. The van der Waals surface area contributed by atoms with Crippen molar-refractivity contribution in [2.24, 2.45) is 5.92 Å². The van der Waals surface area contributed by atoms with Crippen LogP contribution in [0.4, 0.5) is 4.39 Å². The maximum Gasteiger partial charge on any atom is 0.167 e. The summed E-state index contributed by atoms with van der Waals surface area (Å²) in [4.78, 5) is 0. The van der Waals surface area contributed by atoms with Gasteiger partial charge < -0.3 is 4.74 Å². The molecule has 1 unspecified atom stereocenters. The third-order valence-electron chi connectivity index (χ3n) is 1.99. The van der Waals surface area contributed by atoms with Gasteiger partial charge in [-0.05, 0) is 30.2 Å². The van der Waals surface area contributed by atoms with E-state index >= 15 is 0 Å². The topological polar surface area (TPSA) is 9.23 Å². The standard InChI is InChI=1S/C11H15FOS/c1-8(7-14)6-13-10-5-3-4-9(2)11(10)12/h3-5,8,14H,6-7H2,1-2H3. The number of thiol groups is 1. The molecule has 14 heavy (non-hydrogen) atoms. The van der Waals surface area contributed by atoms with Gasteiger partial charge in [0.05, 0.1) is 6.61 Å². The number of ether oxygens (including phenoxy) is 1. The summed E-state index contributed by atoms with van der Waals surface area (Å²) in [6.45, 7) is 4.24. The van der Waals surface area contributed by atoms with E-state index in [2.05, 4.69) is 12.6 Å². The second kappa shape index (κ2) is 5.25. The molecule has 0 spiro atoms. The fourth-order valence-electron chi connectivity index (χ4n) is 1.02. The quantitative estimate of drug-likeness (QED) is 0.758. The second-order valence-electron chi connectivity index (χ2n) is 3.49. The Hall–Kier alpha value is -0.700. The van der Waals surface area contributed by atoms with Crippen molar-refractivity contribution in [3.63, 3.8) is 0 Å². The lowest BCUT2D eigenvalue weighted by atomic mass is 10.2. The van der Waals surface area contributed by atoms with Gasteiger partial charge in [-0.3, -0.25) is 0 Å². The number of halogens is 1. The number of aryl methyl sites for hydroxylation is 1. The van der Waals surface area contributed by atoms with E-state index in [-0.39, 0.29) is 5.82 Å². The molecule has 0 bridgehead atoms. The molecule has 1 aromatic carbocycles. The summed E-state index contributed by atoms with van der Waals surface area (Å²) in [7, 11) is 0. The highest BCUT2D eigenvalue weighted by Crippen LogP contribution is 2.20. The fraction of sp³-hybridized carbons (Fsp3) is 0.455. The van der Waals surface area contributed by atoms with Crippen LogP contribution in [0.5, 0.6) is 5.75 Å². The third-order valence-corrected chi connectivity index (χ3v) is 2.61. The molecule has 0 aliphatic rings. The molecule has 0 aliphatic heterocycles. The summed E-state index contributed by atoms with van der Waals surface area (Å²) in [5.41, 5.74) is 0.612. The zero-order chi connectivity index (χ0) is 10.6. The molecule has 0 N–H and O–H groups in total. The van der Waals surface area contributed by atoms with E-state index in [9.17, 15) is 4.39 Å². The van der Waals surface area contributed by atoms with Crippen LogP contribution in [0.1, 0.15) is 12.5 Å². The van der Waals surface area contributed by atoms with Gasteiger partial charge in [0.25, 0.3) is 0 Å². The van der Waals surface area contributed by atoms with Crippen molar-refractivity contribution in [2.75, 3.05) is 12.4 Å². The van der Waals surface area contributed by atoms with E-state index in [1.54, 1.807) is 25.1 Å².